The number of hydrogen-bond acceptors (Lipinski definition) is 1. The average Bonchev–Trinajstić information content (AvgIpc) is 2.52. The molecule has 0 radical (unpaired) electrons. The van der Waals surface area contributed by atoms with Gasteiger partial charge in [0.15, 0.2) is 0 Å². The van der Waals surface area contributed by atoms with E-state index in [2.05, 4.69) is 11.6 Å². The second-order valence-corrected chi connectivity index (χ2v) is 2.04. The second kappa shape index (κ2) is 3.66. The van der Waals surface area contributed by atoms with E-state index in [4.69, 9.17) is 4.74 Å². The highest BCUT2D eigenvalue weighted by Gasteiger charge is 1.98. The van der Waals surface area contributed by atoms with Gasteiger partial charge in [0.1, 0.15) is 5.76 Å². The number of allylic oxidation sites excluding steroid dienone is 1. The van der Waals surface area contributed by atoms with Crippen LogP contribution in [0.3, 0.4) is 0 Å². The van der Waals surface area contributed by atoms with Crippen LogP contribution in [0.25, 0.3) is 5.76 Å². The predicted molar refractivity (Wildman–Crippen MR) is 45.7 cm³/mol. The molecule has 0 saturated carbocycles. The molecule has 58 valence electrons. The summed E-state index contributed by atoms with van der Waals surface area (Å²) < 4.78 is 5.14. The Hall–Kier alpha value is -1.44. The lowest BCUT2D eigenvalue weighted by Gasteiger charge is -2.00. The first-order chi connectivity index (χ1) is 5.38. The molecule has 0 spiro atoms. The maximum atomic E-state index is 5.14. The predicted octanol–water partition coefficient (Wildman–Crippen LogP) is 2.54. The quantitative estimate of drug-likeness (QED) is 0.656. The summed E-state index contributed by atoms with van der Waals surface area (Å²) in [7, 11) is 0. The third-order valence-corrected chi connectivity index (χ3v) is 1.35. The van der Waals surface area contributed by atoms with Crippen molar-refractivity contribution in [1.82, 2.24) is 4.98 Å². The van der Waals surface area contributed by atoms with Gasteiger partial charge in [-0.05, 0) is 19.1 Å². The molecule has 0 fully saturated rings. The minimum atomic E-state index is 0.821. The monoisotopic (exact) mass is 149 g/mol. The van der Waals surface area contributed by atoms with Gasteiger partial charge in [0.05, 0.1) is 6.26 Å². The first-order valence-corrected chi connectivity index (χ1v) is 3.45. The fourth-order valence-corrected chi connectivity index (χ4v) is 0.870. The van der Waals surface area contributed by atoms with Gasteiger partial charge in [-0.2, -0.15) is 0 Å². The first kappa shape index (κ1) is 7.66. The molecule has 1 heterocycles. The number of aromatic amines is 1. The molecular weight excluding hydrogens is 138 g/mol. The van der Waals surface area contributed by atoms with Gasteiger partial charge in [-0.15, -0.1) is 0 Å². The molecule has 0 amide bonds. The Morgan fingerprint density at radius 3 is 3.00 bits per heavy atom. The molecule has 1 rings (SSSR count). The Balaban J connectivity index is 2.80. The molecule has 11 heavy (non-hydrogen) atoms. The molecule has 1 aromatic heterocycles. The normalized spacial score (nSPS) is 11.2. The van der Waals surface area contributed by atoms with Crippen molar-refractivity contribution in [2.75, 3.05) is 0 Å². The number of nitrogens with one attached hydrogen (secondary N) is 1. The molecule has 0 aliphatic heterocycles. The van der Waals surface area contributed by atoms with Gasteiger partial charge < -0.3 is 9.72 Å². The molecule has 0 bridgehead atoms. The van der Waals surface area contributed by atoms with Gasteiger partial charge in [0.2, 0.25) is 0 Å². The van der Waals surface area contributed by atoms with E-state index in [0.29, 0.717) is 0 Å². The summed E-state index contributed by atoms with van der Waals surface area (Å²) in [4.78, 5) is 2.95. The topological polar surface area (TPSA) is 25.0 Å². The fourth-order valence-electron chi connectivity index (χ4n) is 0.870. The van der Waals surface area contributed by atoms with Gasteiger partial charge in [-0.25, -0.2) is 0 Å². The Bertz CT molecular complexity index is 247. The molecule has 0 aliphatic carbocycles. The van der Waals surface area contributed by atoms with Crippen LogP contribution in [0.1, 0.15) is 12.5 Å². The van der Waals surface area contributed by atoms with Crippen molar-refractivity contribution in [2.24, 2.45) is 0 Å². The molecule has 1 aromatic rings. The Kier molecular flexibility index (Phi) is 2.55. The summed E-state index contributed by atoms with van der Waals surface area (Å²) in [5.74, 6) is 0.821. The minimum Gasteiger partial charge on any atom is -0.465 e. The van der Waals surface area contributed by atoms with Crippen LogP contribution >= 0.6 is 0 Å². The largest absolute Gasteiger partial charge is 0.465 e. The molecule has 2 heteroatoms. The standard InChI is InChI=1S/C9H11NO/c1-3-9(11-4-2)8-5-6-10-7-8/h3-7,10H,2H2,1H3/b9-3-. The fraction of sp³-hybridized carbons (Fsp3) is 0.111. The third-order valence-electron chi connectivity index (χ3n) is 1.35. The summed E-state index contributed by atoms with van der Waals surface area (Å²) >= 11 is 0. The second-order valence-electron chi connectivity index (χ2n) is 2.04. The minimum absolute atomic E-state index is 0.821. The van der Waals surface area contributed by atoms with Crippen molar-refractivity contribution < 1.29 is 4.74 Å². The van der Waals surface area contributed by atoms with Crippen molar-refractivity contribution in [3.05, 3.63) is 42.9 Å². The summed E-state index contributed by atoms with van der Waals surface area (Å²) in [6.07, 6.45) is 7.04. The van der Waals surface area contributed by atoms with E-state index in [1.807, 2.05) is 31.5 Å². The maximum Gasteiger partial charge on any atom is 0.130 e. The first-order valence-electron chi connectivity index (χ1n) is 3.45. The summed E-state index contributed by atoms with van der Waals surface area (Å²) in [5.41, 5.74) is 1.03. The van der Waals surface area contributed by atoms with Crippen LogP contribution < -0.4 is 0 Å². The summed E-state index contributed by atoms with van der Waals surface area (Å²) in [6.45, 7) is 5.41. The number of rotatable bonds is 3. The molecule has 0 saturated heterocycles. The van der Waals surface area contributed by atoms with E-state index in [-0.39, 0.29) is 0 Å². The Morgan fingerprint density at radius 1 is 1.73 bits per heavy atom. The number of ether oxygens (including phenoxy) is 1. The van der Waals surface area contributed by atoms with E-state index in [1.54, 1.807) is 0 Å². The van der Waals surface area contributed by atoms with Crippen LogP contribution in [0.2, 0.25) is 0 Å². The van der Waals surface area contributed by atoms with Gasteiger partial charge in [-0.1, -0.05) is 6.58 Å². The van der Waals surface area contributed by atoms with E-state index in [9.17, 15) is 0 Å². The lowest BCUT2D eigenvalue weighted by molar-refractivity contribution is 0.438. The van der Waals surface area contributed by atoms with Crippen LogP contribution in [0.4, 0.5) is 0 Å². The number of H-pyrrole nitrogens is 1. The zero-order chi connectivity index (χ0) is 8.10. The van der Waals surface area contributed by atoms with Crippen molar-refractivity contribution >= 4 is 5.76 Å². The zero-order valence-electron chi connectivity index (χ0n) is 6.50. The van der Waals surface area contributed by atoms with Gasteiger partial charge in [0.25, 0.3) is 0 Å². The third kappa shape index (κ3) is 1.74. The smallest absolute Gasteiger partial charge is 0.130 e. The van der Waals surface area contributed by atoms with E-state index >= 15 is 0 Å². The molecule has 1 N–H and O–H groups in total. The average molecular weight is 149 g/mol. The van der Waals surface area contributed by atoms with E-state index in [0.717, 1.165) is 11.3 Å². The van der Waals surface area contributed by atoms with Crippen molar-refractivity contribution in [3.8, 4) is 0 Å². The van der Waals surface area contributed by atoms with Crippen LogP contribution in [-0.4, -0.2) is 4.98 Å². The van der Waals surface area contributed by atoms with Crippen LogP contribution in [0.5, 0.6) is 0 Å². The molecule has 0 aliphatic rings. The van der Waals surface area contributed by atoms with Crippen molar-refractivity contribution in [3.63, 3.8) is 0 Å². The van der Waals surface area contributed by atoms with E-state index < -0.39 is 0 Å². The molecular formula is C9H11NO. The van der Waals surface area contributed by atoms with Crippen LogP contribution in [-0.2, 0) is 4.74 Å². The highest BCUT2D eigenvalue weighted by atomic mass is 16.5. The molecule has 0 unspecified atom stereocenters. The molecule has 0 aromatic carbocycles. The van der Waals surface area contributed by atoms with Crippen LogP contribution in [0, 0.1) is 0 Å². The Labute approximate surface area is 66.2 Å². The Morgan fingerprint density at radius 2 is 2.55 bits per heavy atom. The van der Waals surface area contributed by atoms with Gasteiger partial charge in [-0.3, -0.25) is 0 Å². The SMILES string of the molecule is C=CO/C(=C\C)c1cc[nH]c1. The maximum absolute atomic E-state index is 5.14. The van der Waals surface area contributed by atoms with Crippen LogP contribution in [0.15, 0.2) is 37.4 Å². The number of aromatic nitrogens is 1. The zero-order valence-corrected chi connectivity index (χ0v) is 6.50. The summed E-state index contributed by atoms with van der Waals surface area (Å²) in [6, 6.07) is 1.94. The van der Waals surface area contributed by atoms with Crippen molar-refractivity contribution in [2.45, 2.75) is 6.92 Å². The van der Waals surface area contributed by atoms with Crippen molar-refractivity contribution in [1.29, 1.82) is 0 Å². The highest BCUT2D eigenvalue weighted by Crippen LogP contribution is 2.14. The van der Waals surface area contributed by atoms with Gasteiger partial charge >= 0.3 is 0 Å². The highest BCUT2D eigenvalue weighted by molar-refractivity contribution is 5.58. The lowest BCUT2D eigenvalue weighted by atomic mass is 10.3. The van der Waals surface area contributed by atoms with E-state index in [1.165, 1.54) is 6.26 Å². The molecule has 2 nitrogen and oxygen atoms in total. The number of hydrogen-bond donors (Lipinski definition) is 1. The molecule has 0 atom stereocenters. The lowest BCUT2D eigenvalue weighted by Crippen LogP contribution is -1.81. The summed E-state index contributed by atoms with van der Waals surface area (Å²) in [5, 5.41) is 0. The van der Waals surface area contributed by atoms with Gasteiger partial charge in [0, 0.05) is 18.0 Å².